The minimum Gasteiger partial charge on any atom is -0.493 e. The molecule has 0 spiro atoms. The van der Waals surface area contributed by atoms with Gasteiger partial charge in [-0.15, -0.1) is 0 Å². The van der Waals surface area contributed by atoms with Crippen LogP contribution >= 0.6 is 0 Å². The summed E-state index contributed by atoms with van der Waals surface area (Å²) in [7, 11) is 0. The molecule has 0 radical (unpaired) electrons. The van der Waals surface area contributed by atoms with Gasteiger partial charge in [0.1, 0.15) is 5.75 Å². The van der Waals surface area contributed by atoms with Gasteiger partial charge in [0.15, 0.2) is 0 Å². The fourth-order valence-electron chi connectivity index (χ4n) is 3.68. The second kappa shape index (κ2) is 7.28. The molecule has 0 amide bonds. The Bertz CT molecular complexity index is 443. The summed E-state index contributed by atoms with van der Waals surface area (Å²) >= 11 is 0. The maximum absolute atomic E-state index is 6.03. The normalized spacial score (nSPS) is 26.7. The highest BCUT2D eigenvalue weighted by atomic mass is 16.5. The van der Waals surface area contributed by atoms with Crippen molar-refractivity contribution >= 4 is 0 Å². The van der Waals surface area contributed by atoms with E-state index in [2.05, 4.69) is 36.5 Å². The maximum Gasteiger partial charge on any atom is 0.122 e. The predicted molar refractivity (Wildman–Crippen MR) is 85.0 cm³/mol. The molecule has 0 saturated carbocycles. The highest BCUT2D eigenvalue weighted by Gasteiger charge is 2.29. The average Bonchev–Trinajstić information content (AvgIpc) is 2.55. The van der Waals surface area contributed by atoms with Gasteiger partial charge in [-0.25, -0.2) is 0 Å². The Morgan fingerprint density at radius 3 is 2.90 bits per heavy atom. The van der Waals surface area contributed by atoms with E-state index in [1.807, 2.05) is 0 Å². The number of nitrogens with one attached hydrogen (secondary N) is 1. The van der Waals surface area contributed by atoms with Gasteiger partial charge in [-0.05, 0) is 56.2 Å². The van der Waals surface area contributed by atoms with Crippen molar-refractivity contribution in [3.8, 4) is 5.75 Å². The topological polar surface area (TPSA) is 30.5 Å². The molecule has 1 fully saturated rings. The Morgan fingerprint density at radius 1 is 1.19 bits per heavy atom. The standard InChI is InChI=1S/C18H27NO2/c1-2-19-16(18-9-5-6-11-20-18)13-14-10-12-21-17-8-4-3-7-15(14)17/h3-4,7-8,14,16,18-19H,2,5-6,9-13H2,1H3. The van der Waals surface area contributed by atoms with Crippen LogP contribution in [-0.2, 0) is 4.74 Å². The van der Waals surface area contributed by atoms with Gasteiger partial charge in [-0.3, -0.25) is 0 Å². The Hall–Kier alpha value is -1.06. The molecule has 3 heteroatoms. The van der Waals surface area contributed by atoms with Gasteiger partial charge in [0.25, 0.3) is 0 Å². The third-order valence-corrected chi connectivity index (χ3v) is 4.75. The zero-order chi connectivity index (χ0) is 14.5. The first-order chi connectivity index (χ1) is 10.4. The zero-order valence-electron chi connectivity index (χ0n) is 13.0. The third-order valence-electron chi connectivity index (χ3n) is 4.75. The monoisotopic (exact) mass is 289 g/mol. The maximum atomic E-state index is 6.03. The fraction of sp³-hybridized carbons (Fsp3) is 0.667. The number of hydrogen-bond acceptors (Lipinski definition) is 3. The van der Waals surface area contributed by atoms with Crippen LogP contribution in [0.3, 0.4) is 0 Å². The largest absolute Gasteiger partial charge is 0.493 e. The van der Waals surface area contributed by atoms with Crippen LogP contribution in [0.25, 0.3) is 0 Å². The molecule has 2 aliphatic rings. The molecule has 1 saturated heterocycles. The van der Waals surface area contributed by atoms with Crippen LogP contribution in [0.2, 0.25) is 0 Å². The van der Waals surface area contributed by atoms with Crippen molar-refractivity contribution in [2.24, 2.45) is 0 Å². The Morgan fingerprint density at radius 2 is 2.10 bits per heavy atom. The summed E-state index contributed by atoms with van der Waals surface area (Å²) in [6.45, 7) is 4.96. The lowest BCUT2D eigenvalue weighted by atomic mass is 9.85. The summed E-state index contributed by atoms with van der Waals surface area (Å²) in [5.41, 5.74) is 1.38. The SMILES string of the molecule is CCNC(CC1CCOc2ccccc21)C1CCCCO1. The molecule has 2 heterocycles. The smallest absolute Gasteiger partial charge is 0.122 e. The van der Waals surface area contributed by atoms with Gasteiger partial charge in [0.05, 0.1) is 12.7 Å². The molecular weight excluding hydrogens is 262 g/mol. The van der Waals surface area contributed by atoms with E-state index in [1.165, 1.54) is 24.8 Å². The number of para-hydroxylation sites is 1. The van der Waals surface area contributed by atoms with Crippen LogP contribution in [0.1, 0.15) is 50.5 Å². The zero-order valence-corrected chi connectivity index (χ0v) is 13.0. The Kier molecular flexibility index (Phi) is 5.15. The summed E-state index contributed by atoms with van der Waals surface area (Å²) in [4.78, 5) is 0. The van der Waals surface area contributed by atoms with Gasteiger partial charge in [0, 0.05) is 12.6 Å². The second-order valence-electron chi connectivity index (χ2n) is 6.18. The molecule has 1 aromatic carbocycles. The average molecular weight is 289 g/mol. The molecule has 116 valence electrons. The van der Waals surface area contributed by atoms with Gasteiger partial charge < -0.3 is 14.8 Å². The van der Waals surface area contributed by atoms with Crippen LogP contribution in [0, 0.1) is 0 Å². The van der Waals surface area contributed by atoms with Gasteiger partial charge in [-0.1, -0.05) is 25.1 Å². The van der Waals surface area contributed by atoms with E-state index in [9.17, 15) is 0 Å². The summed E-state index contributed by atoms with van der Waals surface area (Å²) in [6, 6.07) is 8.98. The van der Waals surface area contributed by atoms with Crippen LogP contribution in [-0.4, -0.2) is 31.9 Å². The molecule has 21 heavy (non-hydrogen) atoms. The molecule has 0 aromatic heterocycles. The van der Waals surface area contributed by atoms with Crippen LogP contribution in [0.15, 0.2) is 24.3 Å². The highest BCUT2D eigenvalue weighted by Crippen LogP contribution is 2.37. The van der Waals surface area contributed by atoms with Crippen molar-refractivity contribution in [3.05, 3.63) is 29.8 Å². The molecule has 1 aromatic rings. The molecule has 2 aliphatic heterocycles. The lowest BCUT2D eigenvalue weighted by molar-refractivity contribution is -0.0111. The molecule has 1 N–H and O–H groups in total. The first-order valence-electron chi connectivity index (χ1n) is 8.45. The third kappa shape index (κ3) is 3.58. The number of hydrogen-bond donors (Lipinski definition) is 1. The first kappa shape index (κ1) is 14.9. The number of likely N-dealkylation sites (N-methyl/N-ethyl adjacent to an activating group) is 1. The summed E-state index contributed by atoms with van der Waals surface area (Å²) < 4.78 is 11.8. The second-order valence-corrected chi connectivity index (χ2v) is 6.18. The van der Waals surface area contributed by atoms with Crippen molar-refractivity contribution < 1.29 is 9.47 Å². The van der Waals surface area contributed by atoms with Crippen molar-refractivity contribution in [2.45, 2.75) is 57.1 Å². The summed E-state index contributed by atoms with van der Waals surface area (Å²) in [5, 5.41) is 3.66. The summed E-state index contributed by atoms with van der Waals surface area (Å²) in [6.07, 6.45) is 6.37. The van der Waals surface area contributed by atoms with Gasteiger partial charge >= 0.3 is 0 Å². The molecule has 0 bridgehead atoms. The van der Waals surface area contributed by atoms with Crippen LogP contribution < -0.4 is 10.1 Å². The van der Waals surface area contributed by atoms with E-state index in [-0.39, 0.29) is 0 Å². The fourth-order valence-corrected chi connectivity index (χ4v) is 3.68. The van der Waals surface area contributed by atoms with Crippen LogP contribution in [0.4, 0.5) is 0 Å². The molecule has 3 unspecified atom stereocenters. The molecule has 3 atom stereocenters. The summed E-state index contributed by atoms with van der Waals surface area (Å²) in [5.74, 6) is 1.66. The van der Waals surface area contributed by atoms with Crippen molar-refractivity contribution in [1.82, 2.24) is 5.32 Å². The number of rotatable bonds is 5. The van der Waals surface area contributed by atoms with E-state index < -0.39 is 0 Å². The van der Waals surface area contributed by atoms with Crippen molar-refractivity contribution in [2.75, 3.05) is 19.8 Å². The van der Waals surface area contributed by atoms with Gasteiger partial charge in [-0.2, -0.15) is 0 Å². The molecule has 3 nitrogen and oxygen atoms in total. The van der Waals surface area contributed by atoms with E-state index in [0.29, 0.717) is 18.1 Å². The predicted octanol–water partition coefficient (Wildman–Crippen LogP) is 3.49. The minimum atomic E-state index is 0.383. The molecular formula is C18H27NO2. The van der Waals surface area contributed by atoms with E-state index in [0.717, 1.165) is 38.3 Å². The number of benzene rings is 1. The lowest BCUT2D eigenvalue weighted by Gasteiger charge is -2.35. The Balaban J connectivity index is 1.71. The van der Waals surface area contributed by atoms with Gasteiger partial charge in [0.2, 0.25) is 0 Å². The Labute approximate surface area is 128 Å². The number of fused-ring (bicyclic) bond motifs is 1. The van der Waals surface area contributed by atoms with Crippen molar-refractivity contribution in [3.63, 3.8) is 0 Å². The number of ether oxygens (including phenoxy) is 2. The quantitative estimate of drug-likeness (QED) is 0.900. The minimum absolute atomic E-state index is 0.383. The lowest BCUT2D eigenvalue weighted by Crippen LogP contribution is -2.44. The van der Waals surface area contributed by atoms with Crippen molar-refractivity contribution in [1.29, 1.82) is 0 Å². The van der Waals surface area contributed by atoms with E-state index in [4.69, 9.17) is 9.47 Å². The van der Waals surface area contributed by atoms with E-state index >= 15 is 0 Å². The van der Waals surface area contributed by atoms with E-state index in [1.54, 1.807) is 0 Å². The first-order valence-corrected chi connectivity index (χ1v) is 8.45. The molecule has 0 aliphatic carbocycles. The molecule has 3 rings (SSSR count). The van der Waals surface area contributed by atoms with Crippen LogP contribution in [0.5, 0.6) is 5.75 Å². The highest BCUT2D eigenvalue weighted by molar-refractivity contribution is 5.37.